The fraction of sp³-hybridized carbons (Fsp3) is 0.389. The molecule has 0 unspecified atom stereocenters. The van der Waals surface area contributed by atoms with Gasteiger partial charge in [-0.3, -0.25) is 14.3 Å². The summed E-state index contributed by atoms with van der Waals surface area (Å²) in [4.78, 5) is 24.1. The molecule has 0 radical (unpaired) electrons. The van der Waals surface area contributed by atoms with Crippen molar-refractivity contribution in [1.82, 2.24) is 15.1 Å². The van der Waals surface area contributed by atoms with Crippen molar-refractivity contribution in [3.63, 3.8) is 0 Å². The van der Waals surface area contributed by atoms with E-state index < -0.39 is 11.9 Å². The molecule has 2 rings (SSSR count). The van der Waals surface area contributed by atoms with Crippen LogP contribution in [0.2, 0.25) is 0 Å². The fourth-order valence-corrected chi connectivity index (χ4v) is 2.63. The monoisotopic (exact) mass is 328 g/mol. The number of aryl methyl sites for hydroxylation is 1. The molecule has 3 N–H and O–H groups in total. The third-order valence-electron chi connectivity index (χ3n) is 3.91. The van der Waals surface area contributed by atoms with E-state index in [1.807, 2.05) is 48.9 Å². The second kappa shape index (κ2) is 7.77. The van der Waals surface area contributed by atoms with Crippen molar-refractivity contribution >= 4 is 22.7 Å². The molecule has 128 valence electrons. The highest BCUT2D eigenvalue weighted by atomic mass is 16.2. The van der Waals surface area contributed by atoms with Gasteiger partial charge in [0.15, 0.2) is 5.69 Å². The van der Waals surface area contributed by atoms with Crippen LogP contribution in [0.5, 0.6) is 0 Å². The van der Waals surface area contributed by atoms with Gasteiger partial charge >= 0.3 is 0 Å². The highest BCUT2D eigenvalue weighted by molar-refractivity contribution is 6.06. The SMILES string of the molecule is C=CCCCn1nc(C(=O)N[C@H](C(N)=O)C(C)C)c2ccccc21. The molecule has 0 saturated carbocycles. The summed E-state index contributed by atoms with van der Waals surface area (Å²) >= 11 is 0. The largest absolute Gasteiger partial charge is 0.368 e. The first kappa shape index (κ1) is 17.7. The lowest BCUT2D eigenvalue weighted by molar-refractivity contribution is -0.120. The van der Waals surface area contributed by atoms with Gasteiger partial charge < -0.3 is 11.1 Å². The Morgan fingerprint density at radius 2 is 2.08 bits per heavy atom. The van der Waals surface area contributed by atoms with Crippen LogP contribution in [0.4, 0.5) is 0 Å². The number of primary amides is 1. The van der Waals surface area contributed by atoms with E-state index in [9.17, 15) is 9.59 Å². The number of hydrogen-bond acceptors (Lipinski definition) is 3. The number of unbranched alkanes of at least 4 members (excludes halogenated alkanes) is 1. The Labute approximate surface area is 141 Å². The molecule has 0 aliphatic carbocycles. The zero-order chi connectivity index (χ0) is 17.7. The van der Waals surface area contributed by atoms with E-state index >= 15 is 0 Å². The molecule has 0 aliphatic rings. The summed E-state index contributed by atoms with van der Waals surface area (Å²) in [6.07, 6.45) is 3.64. The highest BCUT2D eigenvalue weighted by Crippen LogP contribution is 2.19. The number of carbonyl (C=O) groups is 2. The van der Waals surface area contributed by atoms with Crippen LogP contribution >= 0.6 is 0 Å². The minimum absolute atomic E-state index is 0.0904. The molecule has 1 atom stereocenters. The summed E-state index contributed by atoms with van der Waals surface area (Å²) in [6, 6.07) is 6.85. The molecule has 6 nitrogen and oxygen atoms in total. The molecule has 0 saturated heterocycles. The summed E-state index contributed by atoms with van der Waals surface area (Å²) in [6.45, 7) is 8.08. The van der Waals surface area contributed by atoms with E-state index in [0.29, 0.717) is 12.2 Å². The lowest BCUT2D eigenvalue weighted by Gasteiger charge is -2.18. The Morgan fingerprint density at radius 3 is 2.71 bits per heavy atom. The van der Waals surface area contributed by atoms with Gasteiger partial charge in [-0.1, -0.05) is 38.1 Å². The van der Waals surface area contributed by atoms with Gasteiger partial charge in [-0.2, -0.15) is 5.10 Å². The van der Waals surface area contributed by atoms with Gasteiger partial charge in [0.1, 0.15) is 6.04 Å². The number of rotatable bonds is 8. The smallest absolute Gasteiger partial charge is 0.273 e. The van der Waals surface area contributed by atoms with Gasteiger partial charge in [-0.05, 0) is 24.8 Å². The van der Waals surface area contributed by atoms with Crippen LogP contribution in [0.3, 0.4) is 0 Å². The van der Waals surface area contributed by atoms with Crippen LogP contribution in [-0.4, -0.2) is 27.6 Å². The average Bonchev–Trinajstić information content (AvgIpc) is 2.91. The average molecular weight is 328 g/mol. The van der Waals surface area contributed by atoms with Gasteiger partial charge in [0.2, 0.25) is 5.91 Å². The molecular formula is C18H24N4O2. The number of nitrogens with two attached hydrogens (primary N) is 1. The Kier molecular flexibility index (Phi) is 5.73. The Bertz CT molecular complexity index is 749. The number of nitrogens with one attached hydrogen (secondary N) is 1. The number of fused-ring (bicyclic) bond motifs is 1. The quantitative estimate of drug-likeness (QED) is 0.575. The third kappa shape index (κ3) is 3.82. The summed E-state index contributed by atoms with van der Waals surface area (Å²) in [5, 5.41) is 7.91. The molecule has 1 aromatic heterocycles. The Balaban J connectivity index is 2.32. The maximum atomic E-state index is 12.6. The zero-order valence-electron chi connectivity index (χ0n) is 14.2. The maximum absolute atomic E-state index is 12.6. The van der Waals surface area contributed by atoms with Crippen LogP contribution < -0.4 is 11.1 Å². The molecule has 0 fully saturated rings. The van der Waals surface area contributed by atoms with E-state index in [0.717, 1.165) is 23.7 Å². The minimum atomic E-state index is -0.720. The normalized spacial score (nSPS) is 12.3. The van der Waals surface area contributed by atoms with Crippen LogP contribution in [-0.2, 0) is 11.3 Å². The number of allylic oxidation sites excluding steroid dienone is 1. The number of aromatic nitrogens is 2. The van der Waals surface area contributed by atoms with Crippen LogP contribution in [0, 0.1) is 5.92 Å². The van der Waals surface area contributed by atoms with E-state index in [2.05, 4.69) is 17.0 Å². The number of amides is 2. The van der Waals surface area contributed by atoms with Crippen molar-refractivity contribution in [3.8, 4) is 0 Å². The Hall–Kier alpha value is -2.63. The molecule has 0 aliphatic heterocycles. The van der Waals surface area contributed by atoms with Gasteiger partial charge in [-0.25, -0.2) is 0 Å². The summed E-state index contributed by atoms with van der Waals surface area (Å²) in [5.74, 6) is -1.02. The number of nitrogens with zero attached hydrogens (tertiary/aromatic N) is 2. The van der Waals surface area contributed by atoms with Crippen molar-refractivity contribution in [3.05, 3.63) is 42.6 Å². The number of para-hydroxylation sites is 1. The van der Waals surface area contributed by atoms with E-state index in [-0.39, 0.29) is 11.8 Å². The van der Waals surface area contributed by atoms with Crippen molar-refractivity contribution in [2.24, 2.45) is 11.7 Å². The van der Waals surface area contributed by atoms with E-state index in [1.165, 1.54) is 0 Å². The predicted octanol–water partition coefficient (Wildman–Crippen LogP) is 2.24. The first-order valence-electron chi connectivity index (χ1n) is 8.12. The second-order valence-electron chi connectivity index (χ2n) is 6.12. The first-order valence-corrected chi connectivity index (χ1v) is 8.12. The van der Waals surface area contributed by atoms with Gasteiger partial charge in [0, 0.05) is 11.9 Å². The first-order chi connectivity index (χ1) is 11.5. The van der Waals surface area contributed by atoms with Crippen molar-refractivity contribution in [1.29, 1.82) is 0 Å². The number of carbonyl (C=O) groups excluding carboxylic acids is 2. The number of benzene rings is 1. The number of hydrogen-bond donors (Lipinski definition) is 2. The molecule has 0 spiro atoms. The zero-order valence-corrected chi connectivity index (χ0v) is 14.2. The molecule has 24 heavy (non-hydrogen) atoms. The Morgan fingerprint density at radius 1 is 1.38 bits per heavy atom. The molecule has 1 aromatic carbocycles. The van der Waals surface area contributed by atoms with Gasteiger partial charge in [0.25, 0.3) is 5.91 Å². The second-order valence-corrected chi connectivity index (χ2v) is 6.12. The summed E-state index contributed by atoms with van der Waals surface area (Å²) in [5.41, 5.74) is 6.59. The molecular weight excluding hydrogens is 304 g/mol. The van der Waals surface area contributed by atoms with Crippen molar-refractivity contribution in [2.45, 2.75) is 39.3 Å². The minimum Gasteiger partial charge on any atom is -0.368 e. The standard InChI is InChI=1S/C18H24N4O2/c1-4-5-8-11-22-14-10-7-6-9-13(14)16(21-22)18(24)20-15(12(2)3)17(19)23/h4,6-7,9-10,12,15H,1,5,8,11H2,2-3H3,(H2,19,23)(H,20,24)/t15-/m0/s1. The van der Waals surface area contributed by atoms with E-state index in [4.69, 9.17) is 5.73 Å². The molecule has 2 aromatic rings. The summed E-state index contributed by atoms with van der Waals surface area (Å²) in [7, 11) is 0. The van der Waals surface area contributed by atoms with Gasteiger partial charge in [0.05, 0.1) is 5.52 Å². The van der Waals surface area contributed by atoms with Gasteiger partial charge in [-0.15, -0.1) is 6.58 Å². The molecule has 1 heterocycles. The van der Waals surface area contributed by atoms with Crippen LogP contribution in [0.25, 0.3) is 10.9 Å². The summed E-state index contributed by atoms with van der Waals surface area (Å²) < 4.78 is 1.82. The molecule has 2 amide bonds. The van der Waals surface area contributed by atoms with Crippen molar-refractivity contribution in [2.75, 3.05) is 0 Å². The van der Waals surface area contributed by atoms with E-state index in [1.54, 1.807) is 0 Å². The highest BCUT2D eigenvalue weighted by Gasteiger charge is 2.25. The van der Waals surface area contributed by atoms with Crippen LogP contribution in [0.1, 0.15) is 37.2 Å². The predicted molar refractivity (Wildman–Crippen MR) is 94.5 cm³/mol. The van der Waals surface area contributed by atoms with Crippen molar-refractivity contribution < 1.29 is 9.59 Å². The lowest BCUT2D eigenvalue weighted by Crippen LogP contribution is -2.47. The van der Waals surface area contributed by atoms with Crippen LogP contribution in [0.15, 0.2) is 36.9 Å². The molecule has 0 bridgehead atoms. The topological polar surface area (TPSA) is 90.0 Å². The maximum Gasteiger partial charge on any atom is 0.273 e. The lowest BCUT2D eigenvalue weighted by atomic mass is 10.0. The third-order valence-corrected chi connectivity index (χ3v) is 3.91. The fourth-order valence-electron chi connectivity index (χ4n) is 2.63. The molecule has 6 heteroatoms.